The molecule has 1 N–H and O–H groups in total. The maximum atomic E-state index is 12.0. The Morgan fingerprint density at radius 3 is 2.78 bits per heavy atom. The fourth-order valence-corrected chi connectivity index (χ4v) is 4.14. The van der Waals surface area contributed by atoms with Crippen LogP contribution in [0, 0.1) is 0 Å². The molecule has 124 valence electrons. The maximum Gasteiger partial charge on any atom is 0.236 e. The van der Waals surface area contributed by atoms with Gasteiger partial charge >= 0.3 is 0 Å². The van der Waals surface area contributed by atoms with Gasteiger partial charge in [0.15, 0.2) is 5.16 Å². The van der Waals surface area contributed by atoms with E-state index in [9.17, 15) is 4.79 Å². The monoisotopic (exact) mass is 352 g/mol. The Kier molecular flexibility index (Phi) is 5.27. The van der Waals surface area contributed by atoms with Crippen molar-refractivity contribution in [1.29, 1.82) is 0 Å². The number of carbonyl (C=O) groups excluding carboxylic acids is 1. The molecule has 0 aliphatic heterocycles. The minimum Gasteiger partial charge on any atom is -0.309 e. The highest BCUT2D eigenvalue weighted by atomic mass is 32.2. The molecule has 0 bridgehead atoms. The van der Waals surface area contributed by atoms with Gasteiger partial charge in [-0.2, -0.15) is 0 Å². The normalized spacial score (nSPS) is 15.2. The topological polar surface area (TPSA) is 85.6 Å². The molecule has 0 saturated heterocycles. The van der Waals surface area contributed by atoms with E-state index in [2.05, 4.69) is 25.7 Å². The summed E-state index contributed by atoms with van der Waals surface area (Å²) in [7, 11) is 1.98. The molecule has 1 saturated carbocycles. The zero-order valence-electron chi connectivity index (χ0n) is 13.3. The molecule has 0 aromatic carbocycles. The van der Waals surface area contributed by atoms with Gasteiger partial charge in [0.25, 0.3) is 0 Å². The van der Waals surface area contributed by atoms with Crippen molar-refractivity contribution in [2.24, 2.45) is 7.05 Å². The molecule has 3 rings (SSSR count). The molecular formula is C14H20N6OS2. The standard InChI is InChI=1S/C14H20N6OS2/c1-3-11-16-18-13(23-11)15-10(21)8-22-14-19-17-12(20(14)2)9-6-4-5-7-9/h9H,3-8H2,1-2H3,(H,15,18,21). The van der Waals surface area contributed by atoms with Gasteiger partial charge in [-0.05, 0) is 19.3 Å². The highest BCUT2D eigenvalue weighted by Gasteiger charge is 2.23. The Bertz CT molecular complexity index is 677. The Morgan fingerprint density at radius 1 is 1.30 bits per heavy atom. The quantitative estimate of drug-likeness (QED) is 0.804. The molecule has 2 aromatic rings. The number of thioether (sulfide) groups is 1. The number of aromatic nitrogens is 5. The molecule has 1 amide bonds. The van der Waals surface area contributed by atoms with Crippen LogP contribution in [0.2, 0.25) is 0 Å². The molecule has 0 atom stereocenters. The Labute approximate surface area is 143 Å². The Morgan fingerprint density at radius 2 is 2.09 bits per heavy atom. The van der Waals surface area contributed by atoms with Crippen molar-refractivity contribution in [3.8, 4) is 0 Å². The number of hydrogen-bond acceptors (Lipinski definition) is 7. The van der Waals surface area contributed by atoms with Crippen molar-refractivity contribution >= 4 is 34.1 Å². The third-order valence-electron chi connectivity index (χ3n) is 3.94. The molecule has 1 aliphatic carbocycles. The van der Waals surface area contributed by atoms with Crippen LogP contribution in [0.5, 0.6) is 0 Å². The molecular weight excluding hydrogens is 332 g/mol. The van der Waals surface area contributed by atoms with Crippen molar-refractivity contribution in [3.05, 3.63) is 10.8 Å². The van der Waals surface area contributed by atoms with Crippen molar-refractivity contribution in [1.82, 2.24) is 25.0 Å². The van der Waals surface area contributed by atoms with Crippen molar-refractivity contribution < 1.29 is 4.79 Å². The molecule has 1 aliphatic rings. The minimum atomic E-state index is -0.0979. The Balaban J connectivity index is 1.54. The summed E-state index contributed by atoms with van der Waals surface area (Å²) in [6, 6.07) is 0. The van der Waals surface area contributed by atoms with Crippen molar-refractivity contribution in [2.75, 3.05) is 11.1 Å². The second kappa shape index (κ2) is 7.39. The smallest absolute Gasteiger partial charge is 0.236 e. The summed E-state index contributed by atoms with van der Waals surface area (Å²) < 4.78 is 2.02. The lowest BCUT2D eigenvalue weighted by molar-refractivity contribution is -0.113. The molecule has 2 aromatic heterocycles. The van der Waals surface area contributed by atoms with Crippen LogP contribution in [-0.4, -0.2) is 36.6 Å². The molecule has 1 fully saturated rings. The first kappa shape index (κ1) is 16.4. The van der Waals surface area contributed by atoms with Crippen LogP contribution in [0.15, 0.2) is 5.16 Å². The van der Waals surface area contributed by atoms with E-state index < -0.39 is 0 Å². The number of amides is 1. The van der Waals surface area contributed by atoms with Gasteiger partial charge in [0.1, 0.15) is 10.8 Å². The van der Waals surface area contributed by atoms with E-state index in [1.165, 1.54) is 48.8 Å². The predicted molar refractivity (Wildman–Crippen MR) is 90.9 cm³/mol. The second-order valence-electron chi connectivity index (χ2n) is 5.57. The summed E-state index contributed by atoms with van der Waals surface area (Å²) in [5.41, 5.74) is 0. The van der Waals surface area contributed by atoms with E-state index >= 15 is 0 Å². The highest BCUT2D eigenvalue weighted by molar-refractivity contribution is 7.99. The summed E-state index contributed by atoms with van der Waals surface area (Å²) in [4.78, 5) is 12.0. The number of nitrogens with one attached hydrogen (secondary N) is 1. The molecule has 2 heterocycles. The number of carbonyl (C=O) groups is 1. The number of hydrogen-bond donors (Lipinski definition) is 1. The van der Waals surface area contributed by atoms with Crippen LogP contribution < -0.4 is 5.32 Å². The number of rotatable bonds is 6. The fraction of sp³-hybridized carbons (Fsp3) is 0.643. The van der Waals surface area contributed by atoms with E-state index in [1.807, 2.05) is 18.5 Å². The summed E-state index contributed by atoms with van der Waals surface area (Å²) in [5.74, 6) is 1.75. The summed E-state index contributed by atoms with van der Waals surface area (Å²) in [6.07, 6.45) is 5.74. The van der Waals surface area contributed by atoms with Crippen LogP contribution >= 0.6 is 23.1 Å². The molecule has 9 heteroatoms. The van der Waals surface area contributed by atoms with Crippen molar-refractivity contribution in [3.63, 3.8) is 0 Å². The molecule has 23 heavy (non-hydrogen) atoms. The zero-order valence-corrected chi connectivity index (χ0v) is 14.9. The number of aryl methyl sites for hydroxylation is 1. The van der Waals surface area contributed by atoms with Gasteiger partial charge in [0.05, 0.1) is 5.75 Å². The van der Waals surface area contributed by atoms with Crippen molar-refractivity contribution in [2.45, 2.75) is 50.1 Å². The van der Waals surface area contributed by atoms with Crippen LogP contribution in [0.4, 0.5) is 5.13 Å². The summed E-state index contributed by atoms with van der Waals surface area (Å²) in [5, 5.41) is 21.5. The third kappa shape index (κ3) is 3.89. The van der Waals surface area contributed by atoms with Gasteiger partial charge in [-0.25, -0.2) is 0 Å². The highest BCUT2D eigenvalue weighted by Crippen LogP contribution is 2.33. The van der Waals surface area contributed by atoms with Gasteiger partial charge in [0.2, 0.25) is 11.0 Å². The van der Waals surface area contributed by atoms with Crippen LogP contribution in [-0.2, 0) is 18.3 Å². The molecule has 0 spiro atoms. The average Bonchev–Trinajstić information content (AvgIpc) is 3.26. The zero-order chi connectivity index (χ0) is 16.2. The fourth-order valence-electron chi connectivity index (χ4n) is 2.72. The molecule has 0 unspecified atom stereocenters. The van der Waals surface area contributed by atoms with E-state index in [1.54, 1.807) is 0 Å². The lowest BCUT2D eigenvalue weighted by Gasteiger charge is -2.08. The largest absolute Gasteiger partial charge is 0.309 e. The van der Waals surface area contributed by atoms with E-state index in [4.69, 9.17) is 0 Å². The predicted octanol–water partition coefficient (Wildman–Crippen LogP) is 2.62. The number of nitrogens with zero attached hydrogens (tertiary/aromatic N) is 5. The summed E-state index contributed by atoms with van der Waals surface area (Å²) in [6.45, 7) is 2.01. The minimum absolute atomic E-state index is 0.0979. The first-order valence-electron chi connectivity index (χ1n) is 7.81. The second-order valence-corrected chi connectivity index (χ2v) is 7.58. The maximum absolute atomic E-state index is 12.0. The van der Waals surface area contributed by atoms with E-state index in [0.717, 1.165) is 22.4 Å². The van der Waals surface area contributed by atoms with Gasteiger partial charge in [-0.15, -0.1) is 20.4 Å². The lowest BCUT2D eigenvalue weighted by Crippen LogP contribution is -2.14. The SMILES string of the molecule is CCc1nnc(NC(=O)CSc2nnc(C3CCCC3)n2C)s1. The summed E-state index contributed by atoms with van der Waals surface area (Å²) >= 11 is 2.81. The van der Waals surface area contributed by atoms with Gasteiger partial charge in [0, 0.05) is 13.0 Å². The number of anilines is 1. The van der Waals surface area contributed by atoms with E-state index in [-0.39, 0.29) is 11.7 Å². The van der Waals surface area contributed by atoms with Gasteiger partial charge in [-0.1, -0.05) is 42.9 Å². The lowest BCUT2D eigenvalue weighted by atomic mass is 10.1. The molecule has 7 nitrogen and oxygen atoms in total. The average molecular weight is 352 g/mol. The first-order valence-corrected chi connectivity index (χ1v) is 9.62. The van der Waals surface area contributed by atoms with Crippen LogP contribution in [0.25, 0.3) is 0 Å². The van der Waals surface area contributed by atoms with Crippen LogP contribution in [0.1, 0.15) is 49.4 Å². The molecule has 0 radical (unpaired) electrons. The third-order valence-corrected chi connectivity index (χ3v) is 5.94. The first-order chi connectivity index (χ1) is 11.2. The Hall–Kier alpha value is -1.48. The van der Waals surface area contributed by atoms with Gasteiger partial charge in [-0.3, -0.25) is 10.1 Å². The van der Waals surface area contributed by atoms with E-state index in [0.29, 0.717) is 11.0 Å². The van der Waals surface area contributed by atoms with Gasteiger partial charge < -0.3 is 4.57 Å². The van der Waals surface area contributed by atoms with Crippen LogP contribution in [0.3, 0.4) is 0 Å².